The van der Waals surface area contributed by atoms with Crippen LogP contribution in [-0.2, 0) is 0 Å². The molecule has 0 atom stereocenters. The largest absolute Gasteiger partial charge is 0.456 e. The van der Waals surface area contributed by atoms with Gasteiger partial charge in [-0.2, -0.15) is 0 Å². The van der Waals surface area contributed by atoms with E-state index in [2.05, 4.69) is 167 Å². The summed E-state index contributed by atoms with van der Waals surface area (Å²) in [4.78, 5) is 2.33. The topological polar surface area (TPSA) is 21.3 Å². The Morgan fingerprint density at radius 2 is 0.889 bits per heavy atom. The Kier molecular flexibility index (Phi) is 5.82. The first kappa shape index (κ1) is 25.4. The number of hydrogen-bond donors (Lipinski definition) is 0. The van der Waals surface area contributed by atoms with Crippen LogP contribution in [0.15, 0.2) is 174 Å². The molecule has 0 amide bonds. The van der Waals surface area contributed by atoms with E-state index in [0.29, 0.717) is 0 Å². The maximum Gasteiger partial charge on any atom is 0.135 e. The average molecular weight is 577 g/mol. The highest BCUT2D eigenvalue weighted by Crippen LogP contribution is 2.40. The Morgan fingerprint density at radius 3 is 1.58 bits per heavy atom. The number of fused-ring (bicyclic) bond motifs is 6. The smallest absolute Gasteiger partial charge is 0.135 e. The summed E-state index contributed by atoms with van der Waals surface area (Å²) in [5.41, 5.74) is 11.0. The minimum absolute atomic E-state index is 0.890. The number of aromatic nitrogens is 1. The number of anilines is 3. The second-order valence-corrected chi connectivity index (χ2v) is 11.4. The molecule has 0 bridgehead atoms. The predicted molar refractivity (Wildman–Crippen MR) is 188 cm³/mol. The third-order valence-corrected chi connectivity index (χ3v) is 8.80. The van der Waals surface area contributed by atoms with E-state index in [1.54, 1.807) is 0 Å². The van der Waals surface area contributed by atoms with Crippen molar-refractivity contribution in [1.82, 2.24) is 4.57 Å². The summed E-state index contributed by atoms with van der Waals surface area (Å²) in [5.74, 6) is 0. The molecule has 2 heterocycles. The van der Waals surface area contributed by atoms with E-state index in [-0.39, 0.29) is 0 Å². The van der Waals surface area contributed by atoms with Crippen LogP contribution in [0.4, 0.5) is 17.1 Å². The molecule has 3 heteroatoms. The summed E-state index contributed by atoms with van der Waals surface area (Å²) in [6, 6.07) is 60.2. The van der Waals surface area contributed by atoms with Gasteiger partial charge in [0, 0.05) is 44.3 Å². The van der Waals surface area contributed by atoms with Gasteiger partial charge in [0.05, 0.1) is 11.0 Å². The van der Waals surface area contributed by atoms with Crippen LogP contribution in [0.25, 0.3) is 60.6 Å². The zero-order chi connectivity index (χ0) is 29.7. The molecule has 0 unspecified atom stereocenters. The van der Waals surface area contributed by atoms with Crippen molar-refractivity contribution in [2.45, 2.75) is 0 Å². The highest BCUT2D eigenvalue weighted by molar-refractivity contribution is 6.09. The summed E-state index contributed by atoms with van der Waals surface area (Å²) in [5, 5.41) is 4.75. The molecule has 2 aromatic heterocycles. The van der Waals surface area contributed by atoms with E-state index < -0.39 is 0 Å². The third kappa shape index (κ3) is 4.21. The number of hydrogen-bond acceptors (Lipinski definition) is 2. The molecule has 212 valence electrons. The Morgan fingerprint density at radius 1 is 0.378 bits per heavy atom. The second kappa shape index (κ2) is 10.3. The maximum absolute atomic E-state index is 6.17. The lowest BCUT2D eigenvalue weighted by Crippen LogP contribution is -2.10. The molecule has 0 fully saturated rings. The van der Waals surface area contributed by atoms with Gasteiger partial charge in [-0.1, -0.05) is 97.1 Å². The molecule has 0 spiro atoms. The van der Waals surface area contributed by atoms with Crippen LogP contribution in [0.5, 0.6) is 0 Å². The van der Waals surface area contributed by atoms with Gasteiger partial charge in [-0.05, 0) is 83.9 Å². The molecule has 3 nitrogen and oxygen atoms in total. The van der Waals surface area contributed by atoms with E-state index >= 15 is 0 Å². The summed E-state index contributed by atoms with van der Waals surface area (Å²) in [6.45, 7) is 0. The van der Waals surface area contributed by atoms with E-state index in [0.717, 1.165) is 44.7 Å². The molecular formula is C42H28N2O. The van der Waals surface area contributed by atoms with Crippen molar-refractivity contribution in [2.75, 3.05) is 4.90 Å². The van der Waals surface area contributed by atoms with Crippen LogP contribution in [-0.4, -0.2) is 4.57 Å². The molecule has 0 aliphatic carbocycles. The Labute approximate surface area is 260 Å². The highest BCUT2D eigenvalue weighted by Gasteiger charge is 2.17. The maximum atomic E-state index is 6.17. The number of rotatable bonds is 5. The van der Waals surface area contributed by atoms with Gasteiger partial charge in [0.1, 0.15) is 11.2 Å². The first-order chi connectivity index (χ1) is 22.3. The van der Waals surface area contributed by atoms with E-state index in [1.165, 1.54) is 32.9 Å². The van der Waals surface area contributed by atoms with E-state index in [1.807, 2.05) is 12.1 Å². The molecule has 45 heavy (non-hydrogen) atoms. The minimum Gasteiger partial charge on any atom is -0.456 e. The van der Waals surface area contributed by atoms with Gasteiger partial charge in [0.25, 0.3) is 0 Å². The lowest BCUT2D eigenvalue weighted by Gasteiger charge is -2.26. The van der Waals surface area contributed by atoms with Crippen molar-refractivity contribution in [2.24, 2.45) is 0 Å². The summed E-state index contributed by atoms with van der Waals surface area (Å²) < 4.78 is 8.53. The van der Waals surface area contributed by atoms with Crippen molar-refractivity contribution < 1.29 is 4.42 Å². The second-order valence-electron chi connectivity index (χ2n) is 11.4. The molecule has 9 aromatic rings. The monoisotopic (exact) mass is 576 g/mol. The van der Waals surface area contributed by atoms with Crippen LogP contribution >= 0.6 is 0 Å². The molecular weight excluding hydrogens is 548 g/mol. The number of benzene rings is 7. The number of nitrogens with zero attached hydrogens (tertiary/aromatic N) is 2. The normalized spacial score (nSPS) is 11.6. The zero-order valence-electron chi connectivity index (χ0n) is 24.5. The van der Waals surface area contributed by atoms with Gasteiger partial charge in [0.15, 0.2) is 0 Å². The Balaban J connectivity index is 1.19. The van der Waals surface area contributed by atoms with Crippen molar-refractivity contribution in [3.63, 3.8) is 0 Å². The van der Waals surface area contributed by atoms with Gasteiger partial charge < -0.3 is 13.9 Å². The molecule has 0 saturated carbocycles. The van der Waals surface area contributed by atoms with Gasteiger partial charge in [0.2, 0.25) is 0 Å². The SMILES string of the molecule is c1ccc(-c2ccc(N(c3ccc(-n4c5ccccc5c5ccccc54)cc3)c3ccc4oc5ccccc5c4c3)cc2)cc1. The first-order valence-corrected chi connectivity index (χ1v) is 15.3. The molecule has 0 radical (unpaired) electrons. The fourth-order valence-electron chi connectivity index (χ4n) is 6.69. The van der Waals surface area contributed by atoms with Crippen molar-refractivity contribution in [3.05, 3.63) is 170 Å². The molecule has 7 aromatic carbocycles. The minimum atomic E-state index is 0.890. The fourth-order valence-corrected chi connectivity index (χ4v) is 6.69. The zero-order valence-corrected chi connectivity index (χ0v) is 24.5. The quantitative estimate of drug-likeness (QED) is 0.203. The molecule has 0 N–H and O–H groups in total. The fraction of sp³-hybridized carbons (Fsp3) is 0. The van der Waals surface area contributed by atoms with Gasteiger partial charge in [-0.15, -0.1) is 0 Å². The van der Waals surface area contributed by atoms with E-state index in [9.17, 15) is 0 Å². The first-order valence-electron chi connectivity index (χ1n) is 15.3. The van der Waals surface area contributed by atoms with Crippen molar-refractivity contribution in [1.29, 1.82) is 0 Å². The number of furan rings is 1. The molecule has 0 aliphatic heterocycles. The summed E-state index contributed by atoms with van der Waals surface area (Å²) >= 11 is 0. The van der Waals surface area contributed by atoms with Gasteiger partial charge >= 0.3 is 0 Å². The molecule has 0 saturated heterocycles. The summed E-state index contributed by atoms with van der Waals surface area (Å²) in [6.07, 6.45) is 0. The average Bonchev–Trinajstić information content (AvgIpc) is 3.65. The molecule has 0 aliphatic rings. The van der Waals surface area contributed by atoms with Crippen LogP contribution in [0.2, 0.25) is 0 Å². The Bertz CT molecular complexity index is 2420. The van der Waals surface area contributed by atoms with Crippen molar-refractivity contribution >= 4 is 60.8 Å². The van der Waals surface area contributed by atoms with Crippen LogP contribution in [0.1, 0.15) is 0 Å². The number of para-hydroxylation sites is 3. The molecule has 9 rings (SSSR count). The third-order valence-electron chi connectivity index (χ3n) is 8.80. The summed E-state index contributed by atoms with van der Waals surface area (Å²) in [7, 11) is 0. The highest BCUT2D eigenvalue weighted by atomic mass is 16.3. The predicted octanol–water partition coefficient (Wildman–Crippen LogP) is 11.8. The van der Waals surface area contributed by atoms with Gasteiger partial charge in [-0.3, -0.25) is 0 Å². The van der Waals surface area contributed by atoms with Crippen molar-refractivity contribution in [3.8, 4) is 16.8 Å². The van der Waals surface area contributed by atoms with Crippen LogP contribution < -0.4 is 4.90 Å². The standard InChI is InChI=1S/C42H28N2O/c1-2-10-29(11-3-1)30-18-20-31(21-19-30)43(34-26-27-42-38(28-34)37-14-6-9-17-41(37)45-42)32-22-24-33(25-23-32)44-39-15-7-4-12-35(39)36-13-5-8-16-40(36)44/h1-28H. The van der Waals surface area contributed by atoms with E-state index in [4.69, 9.17) is 4.42 Å². The van der Waals surface area contributed by atoms with Gasteiger partial charge in [-0.25, -0.2) is 0 Å². The van der Waals surface area contributed by atoms with Crippen LogP contribution in [0, 0.1) is 0 Å². The van der Waals surface area contributed by atoms with Crippen LogP contribution in [0.3, 0.4) is 0 Å². The lowest BCUT2D eigenvalue weighted by molar-refractivity contribution is 0.669. The Hall–Kier alpha value is -6.06. The lowest BCUT2D eigenvalue weighted by atomic mass is 10.0.